The maximum atomic E-state index is 13.9. The van der Waals surface area contributed by atoms with E-state index >= 15 is 0 Å². The largest absolute Gasteiger partial charge is 0.493 e. The van der Waals surface area contributed by atoms with Gasteiger partial charge in [-0.15, -0.1) is 0 Å². The van der Waals surface area contributed by atoms with Gasteiger partial charge in [0.15, 0.2) is 0 Å². The molecule has 2 heterocycles. The molecule has 2 N–H and O–H groups in total. The number of anilines is 3. The lowest BCUT2D eigenvalue weighted by atomic mass is 9.98. The van der Waals surface area contributed by atoms with E-state index in [9.17, 15) is 17.6 Å². The zero-order valence-corrected chi connectivity index (χ0v) is 22.2. The van der Waals surface area contributed by atoms with Gasteiger partial charge in [0.25, 0.3) is 5.91 Å². The van der Waals surface area contributed by atoms with Crippen LogP contribution in [0.5, 0.6) is 5.75 Å². The molecule has 3 aromatic carbocycles. The fraction of sp³-hybridized carbons (Fsp3) is 0.250. The van der Waals surface area contributed by atoms with Crippen LogP contribution in [0.3, 0.4) is 0 Å². The predicted molar refractivity (Wildman–Crippen MR) is 148 cm³/mol. The van der Waals surface area contributed by atoms with Gasteiger partial charge < -0.3 is 20.3 Å². The van der Waals surface area contributed by atoms with Crippen molar-refractivity contribution in [2.24, 2.45) is 0 Å². The number of nitrogens with one attached hydrogen (secondary N) is 2. The summed E-state index contributed by atoms with van der Waals surface area (Å²) < 4.78 is 45.9. The number of hydrogen-bond acceptors (Lipinski definition) is 6. The van der Waals surface area contributed by atoms with E-state index in [1.165, 1.54) is 22.7 Å². The molecule has 0 saturated carbocycles. The van der Waals surface area contributed by atoms with Crippen molar-refractivity contribution >= 4 is 44.3 Å². The molecule has 0 aliphatic carbocycles. The Morgan fingerprint density at radius 3 is 2.53 bits per heavy atom. The van der Waals surface area contributed by atoms with Crippen LogP contribution in [-0.2, 0) is 21.2 Å². The van der Waals surface area contributed by atoms with Crippen molar-refractivity contribution in [3.8, 4) is 5.75 Å². The normalized spacial score (nSPS) is 15.6. The number of carbonyl (C=O) groups excluding carboxylic acids is 1. The molecule has 3 aromatic rings. The molecule has 198 valence electrons. The number of fused-ring (bicyclic) bond motifs is 2. The average Bonchev–Trinajstić information content (AvgIpc) is 3.45. The van der Waals surface area contributed by atoms with Gasteiger partial charge in [0, 0.05) is 36.3 Å². The number of amides is 1. The SMILES string of the molecule is CN(C)CCN(c1ccc(NC(=C2C(=O)Nc3cc(F)ccc32)c2ccc3c(c2)OCC3)cc1)S(C)(=O)=O. The van der Waals surface area contributed by atoms with Gasteiger partial charge in [0.05, 0.1) is 35.5 Å². The minimum atomic E-state index is -3.48. The van der Waals surface area contributed by atoms with E-state index in [1.54, 1.807) is 30.3 Å². The highest BCUT2D eigenvalue weighted by atomic mass is 32.2. The van der Waals surface area contributed by atoms with E-state index in [0.717, 1.165) is 23.3 Å². The van der Waals surface area contributed by atoms with Crippen LogP contribution in [0, 0.1) is 5.82 Å². The predicted octanol–water partition coefficient (Wildman–Crippen LogP) is 4.02. The molecule has 0 fully saturated rings. The molecule has 0 bridgehead atoms. The lowest BCUT2D eigenvalue weighted by Crippen LogP contribution is -2.35. The molecule has 0 radical (unpaired) electrons. The number of likely N-dealkylation sites (N-methyl/N-ethyl adjacent to an activating group) is 1. The number of nitrogens with zero attached hydrogens (tertiary/aromatic N) is 2. The van der Waals surface area contributed by atoms with E-state index in [4.69, 9.17) is 4.74 Å². The van der Waals surface area contributed by atoms with Crippen LogP contribution < -0.4 is 19.7 Å². The number of benzene rings is 3. The second kappa shape index (κ2) is 10.1. The molecule has 8 nitrogen and oxygen atoms in total. The number of ether oxygens (including phenoxy) is 1. The third-order valence-corrected chi connectivity index (χ3v) is 7.73. The molecule has 5 rings (SSSR count). The second-order valence-electron chi connectivity index (χ2n) is 9.63. The quantitative estimate of drug-likeness (QED) is 0.423. The van der Waals surface area contributed by atoms with E-state index in [2.05, 4.69) is 10.6 Å². The van der Waals surface area contributed by atoms with Crippen LogP contribution in [0.1, 0.15) is 16.7 Å². The fourth-order valence-corrected chi connectivity index (χ4v) is 5.54. The van der Waals surface area contributed by atoms with Gasteiger partial charge in [-0.05, 0) is 68.2 Å². The highest BCUT2D eigenvalue weighted by molar-refractivity contribution is 7.92. The topological polar surface area (TPSA) is 91.0 Å². The van der Waals surface area contributed by atoms with E-state index in [-0.39, 0.29) is 5.91 Å². The first-order valence-electron chi connectivity index (χ1n) is 12.2. The fourth-order valence-electron chi connectivity index (χ4n) is 4.63. The maximum Gasteiger partial charge on any atom is 0.258 e. The summed E-state index contributed by atoms with van der Waals surface area (Å²) in [5.74, 6) is -0.0238. The number of sulfonamides is 1. The van der Waals surface area contributed by atoms with Crippen molar-refractivity contribution in [3.05, 3.63) is 83.2 Å². The summed E-state index contributed by atoms with van der Waals surface area (Å²) in [6, 6.07) is 17.0. The van der Waals surface area contributed by atoms with Gasteiger partial charge in [-0.3, -0.25) is 9.10 Å². The smallest absolute Gasteiger partial charge is 0.258 e. The van der Waals surface area contributed by atoms with Crippen molar-refractivity contribution in [1.29, 1.82) is 0 Å². The highest BCUT2D eigenvalue weighted by Gasteiger charge is 2.29. The summed E-state index contributed by atoms with van der Waals surface area (Å²) in [7, 11) is 0.298. The number of rotatable bonds is 8. The van der Waals surface area contributed by atoms with Gasteiger partial charge >= 0.3 is 0 Å². The minimum Gasteiger partial charge on any atom is -0.493 e. The Morgan fingerprint density at radius 2 is 1.82 bits per heavy atom. The van der Waals surface area contributed by atoms with Crippen molar-refractivity contribution in [2.75, 3.05) is 55.0 Å². The first kappa shape index (κ1) is 25.7. The number of hydrogen-bond donors (Lipinski definition) is 2. The summed E-state index contributed by atoms with van der Waals surface area (Å²) in [5, 5.41) is 6.12. The molecule has 0 saturated heterocycles. The van der Waals surface area contributed by atoms with Crippen LogP contribution in [-0.4, -0.2) is 59.3 Å². The summed E-state index contributed by atoms with van der Waals surface area (Å²) >= 11 is 0. The Morgan fingerprint density at radius 1 is 1.05 bits per heavy atom. The Balaban J connectivity index is 1.55. The molecule has 0 spiro atoms. The number of halogens is 1. The average molecular weight is 537 g/mol. The standard InChI is InChI=1S/C28H29FN4O4S/c1-32(2)13-14-33(38(3,35)36)22-9-7-21(8-10-22)30-27(19-5-4-18-12-15-37-25(18)16-19)26-23-11-6-20(29)17-24(23)31-28(26)34/h4-11,16-17,30H,12-15H2,1-3H3,(H,31,34). The Bertz CT molecular complexity index is 1530. The lowest BCUT2D eigenvalue weighted by molar-refractivity contribution is -0.110. The summed E-state index contributed by atoms with van der Waals surface area (Å²) in [6.45, 7) is 1.49. The van der Waals surface area contributed by atoms with Crippen LogP contribution in [0.4, 0.5) is 21.5 Å². The molecule has 10 heteroatoms. The monoisotopic (exact) mass is 536 g/mol. The molecule has 2 aliphatic heterocycles. The van der Waals surface area contributed by atoms with E-state index in [1.807, 2.05) is 37.2 Å². The van der Waals surface area contributed by atoms with Crippen molar-refractivity contribution < 1.29 is 22.3 Å². The molecule has 0 atom stereocenters. The number of carbonyl (C=O) groups is 1. The van der Waals surface area contributed by atoms with Gasteiger partial charge in [-0.1, -0.05) is 12.1 Å². The van der Waals surface area contributed by atoms with Crippen molar-refractivity contribution in [2.45, 2.75) is 6.42 Å². The highest BCUT2D eigenvalue weighted by Crippen LogP contribution is 2.39. The maximum absolute atomic E-state index is 13.9. The molecule has 2 aliphatic rings. The molecular weight excluding hydrogens is 507 g/mol. The van der Waals surface area contributed by atoms with Gasteiger partial charge in [0.2, 0.25) is 10.0 Å². The Hall–Kier alpha value is -3.89. The lowest BCUT2D eigenvalue weighted by Gasteiger charge is -2.24. The zero-order chi connectivity index (χ0) is 27.0. The zero-order valence-electron chi connectivity index (χ0n) is 21.4. The van der Waals surface area contributed by atoms with E-state index in [0.29, 0.717) is 53.6 Å². The molecule has 0 unspecified atom stereocenters. The molecule has 0 aromatic heterocycles. The van der Waals surface area contributed by atoms with Crippen molar-refractivity contribution in [3.63, 3.8) is 0 Å². The second-order valence-corrected chi connectivity index (χ2v) is 11.5. The molecule has 1 amide bonds. The first-order chi connectivity index (χ1) is 18.1. The van der Waals surface area contributed by atoms with Crippen LogP contribution >= 0.6 is 0 Å². The van der Waals surface area contributed by atoms with Crippen LogP contribution in [0.2, 0.25) is 0 Å². The van der Waals surface area contributed by atoms with Gasteiger partial charge in [0.1, 0.15) is 11.6 Å². The summed E-state index contributed by atoms with van der Waals surface area (Å²) in [4.78, 5) is 15.0. The summed E-state index contributed by atoms with van der Waals surface area (Å²) in [6.07, 6.45) is 2.01. The Kier molecular flexibility index (Phi) is 6.85. The van der Waals surface area contributed by atoms with Gasteiger partial charge in [-0.2, -0.15) is 0 Å². The molecular formula is C28H29FN4O4S. The van der Waals surface area contributed by atoms with Crippen LogP contribution in [0.25, 0.3) is 11.3 Å². The van der Waals surface area contributed by atoms with Crippen molar-refractivity contribution in [1.82, 2.24) is 4.90 Å². The van der Waals surface area contributed by atoms with E-state index < -0.39 is 15.8 Å². The van der Waals surface area contributed by atoms with Crippen LogP contribution in [0.15, 0.2) is 60.7 Å². The Labute approximate surface area is 221 Å². The summed E-state index contributed by atoms with van der Waals surface area (Å²) in [5.41, 5.74) is 4.93. The third-order valence-electron chi connectivity index (χ3n) is 6.54. The molecule has 38 heavy (non-hydrogen) atoms. The first-order valence-corrected chi connectivity index (χ1v) is 14.1. The minimum absolute atomic E-state index is 0.316. The van der Waals surface area contributed by atoms with Gasteiger partial charge in [-0.25, -0.2) is 12.8 Å². The third kappa shape index (κ3) is 5.23.